The summed E-state index contributed by atoms with van der Waals surface area (Å²) in [7, 11) is 0. The average molecular weight is 390 g/mol. The zero-order valence-electron chi connectivity index (χ0n) is 17.8. The number of carbonyl (C=O) groups excluding carboxylic acids is 2. The number of esters is 1. The number of rotatable bonds is 6. The Morgan fingerprint density at radius 3 is 2.29 bits per heavy atom. The summed E-state index contributed by atoms with van der Waals surface area (Å²) >= 11 is 0. The van der Waals surface area contributed by atoms with Crippen molar-refractivity contribution >= 4 is 17.7 Å². The molecule has 0 saturated carbocycles. The minimum absolute atomic E-state index is 0.0126. The molecular weight excluding hydrogens is 360 g/mol. The second kappa shape index (κ2) is 9.45. The molecule has 0 bridgehead atoms. The second-order valence-electron chi connectivity index (χ2n) is 8.61. The Balaban J connectivity index is 3.12. The molecule has 0 fully saturated rings. The van der Waals surface area contributed by atoms with Gasteiger partial charge in [0.2, 0.25) is 0 Å². The highest BCUT2D eigenvalue weighted by Gasteiger charge is 2.24. The van der Waals surface area contributed by atoms with E-state index in [0.29, 0.717) is 23.6 Å². The van der Waals surface area contributed by atoms with E-state index < -0.39 is 17.7 Å². The largest absolute Gasteiger partial charge is 0.492 e. The summed E-state index contributed by atoms with van der Waals surface area (Å²) in [5.74, 6) is 0.0121. The molecule has 0 heterocycles. The molecule has 28 heavy (non-hydrogen) atoms. The van der Waals surface area contributed by atoms with Gasteiger partial charge in [-0.3, -0.25) is 9.69 Å². The smallest absolute Gasteiger partial charge is 0.414 e. The van der Waals surface area contributed by atoms with E-state index in [1.54, 1.807) is 39.0 Å². The lowest BCUT2D eigenvalue weighted by Crippen LogP contribution is -2.39. The number of nitriles is 1. The number of benzene rings is 1. The topological polar surface area (TPSA) is 88.9 Å². The Hall–Kier alpha value is -2.75. The van der Waals surface area contributed by atoms with Crippen LogP contribution in [0, 0.1) is 16.7 Å². The van der Waals surface area contributed by atoms with Crippen LogP contribution in [0.15, 0.2) is 18.2 Å². The van der Waals surface area contributed by atoms with Crippen LogP contribution in [0.2, 0.25) is 0 Å². The molecule has 1 aromatic carbocycles. The Bertz CT molecular complexity index is 739. The first-order valence-corrected chi connectivity index (χ1v) is 9.13. The van der Waals surface area contributed by atoms with Gasteiger partial charge in [-0.1, -0.05) is 20.8 Å². The predicted molar refractivity (Wildman–Crippen MR) is 106 cm³/mol. The van der Waals surface area contributed by atoms with E-state index in [4.69, 9.17) is 14.2 Å². The van der Waals surface area contributed by atoms with Crippen molar-refractivity contribution in [2.45, 2.75) is 54.1 Å². The molecule has 0 aliphatic carbocycles. The van der Waals surface area contributed by atoms with Crippen molar-refractivity contribution in [1.29, 1.82) is 5.26 Å². The summed E-state index contributed by atoms with van der Waals surface area (Å²) in [6.45, 7) is 13.3. The van der Waals surface area contributed by atoms with Gasteiger partial charge in [-0.15, -0.1) is 0 Å². The molecule has 1 aromatic rings. The van der Waals surface area contributed by atoms with Crippen LogP contribution >= 0.6 is 0 Å². The molecule has 7 nitrogen and oxygen atoms in total. The molecular formula is C21H30N2O5. The van der Waals surface area contributed by atoms with Gasteiger partial charge < -0.3 is 14.2 Å². The Labute approximate surface area is 167 Å². The molecule has 0 aliphatic heterocycles. The first-order valence-electron chi connectivity index (χ1n) is 9.13. The lowest BCUT2D eigenvalue weighted by Gasteiger charge is -2.27. The van der Waals surface area contributed by atoms with E-state index in [2.05, 4.69) is 6.07 Å². The molecule has 0 saturated heterocycles. The van der Waals surface area contributed by atoms with Crippen molar-refractivity contribution in [1.82, 2.24) is 0 Å². The van der Waals surface area contributed by atoms with Crippen LogP contribution < -0.4 is 9.64 Å². The zero-order chi connectivity index (χ0) is 21.5. The quantitative estimate of drug-likeness (QED) is 0.673. The molecule has 0 N–H and O–H groups in total. The van der Waals surface area contributed by atoms with Crippen molar-refractivity contribution < 1.29 is 23.8 Å². The molecule has 7 heteroatoms. The zero-order valence-corrected chi connectivity index (χ0v) is 17.8. The van der Waals surface area contributed by atoms with E-state index in [9.17, 15) is 14.9 Å². The SMILES string of the molecule is CC(=O)OCCN(C(=O)OC(C)(C)C)c1ccc(OCC(C)(C)C)c(C#N)c1. The summed E-state index contributed by atoms with van der Waals surface area (Å²) < 4.78 is 16.1. The minimum atomic E-state index is -0.690. The first-order chi connectivity index (χ1) is 12.8. The van der Waals surface area contributed by atoms with Crippen LogP contribution in [0.3, 0.4) is 0 Å². The number of hydrogen-bond acceptors (Lipinski definition) is 6. The highest BCUT2D eigenvalue weighted by Crippen LogP contribution is 2.27. The Morgan fingerprint density at radius 1 is 1.14 bits per heavy atom. The van der Waals surface area contributed by atoms with Crippen molar-refractivity contribution in [3.05, 3.63) is 23.8 Å². The summed E-state index contributed by atoms with van der Waals surface area (Å²) in [4.78, 5) is 25.0. The second-order valence-corrected chi connectivity index (χ2v) is 8.61. The highest BCUT2D eigenvalue weighted by molar-refractivity contribution is 5.88. The van der Waals surface area contributed by atoms with Gasteiger partial charge in [0.15, 0.2) is 0 Å². The van der Waals surface area contributed by atoms with Gasteiger partial charge in [0.25, 0.3) is 0 Å². The van der Waals surface area contributed by atoms with E-state index in [-0.39, 0.29) is 18.6 Å². The summed E-state index contributed by atoms with van der Waals surface area (Å²) in [5.41, 5.74) is 0.0200. The maximum atomic E-state index is 12.6. The summed E-state index contributed by atoms with van der Waals surface area (Å²) in [6, 6.07) is 7.00. The van der Waals surface area contributed by atoms with E-state index in [1.165, 1.54) is 11.8 Å². The van der Waals surface area contributed by atoms with E-state index in [0.717, 1.165) is 0 Å². The van der Waals surface area contributed by atoms with Gasteiger partial charge in [-0.25, -0.2) is 4.79 Å². The highest BCUT2D eigenvalue weighted by atomic mass is 16.6. The maximum Gasteiger partial charge on any atom is 0.414 e. The molecule has 1 amide bonds. The number of anilines is 1. The van der Waals surface area contributed by atoms with Gasteiger partial charge in [-0.05, 0) is 44.4 Å². The van der Waals surface area contributed by atoms with Crippen molar-refractivity contribution in [3.8, 4) is 11.8 Å². The molecule has 0 aliphatic rings. The minimum Gasteiger partial charge on any atom is -0.492 e. The van der Waals surface area contributed by atoms with Gasteiger partial charge in [-0.2, -0.15) is 5.26 Å². The Morgan fingerprint density at radius 2 is 1.79 bits per heavy atom. The van der Waals surface area contributed by atoms with Crippen LogP contribution in [0.5, 0.6) is 5.75 Å². The lowest BCUT2D eigenvalue weighted by atomic mass is 9.98. The van der Waals surface area contributed by atoms with Crippen LogP contribution in [0.4, 0.5) is 10.5 Å². The predicted octanol–water partition coefficient (Wildman–Crippen LogP) is 4.29. The van der Waals surface area contributed by atoms with E-state index >= 15 is 0 Å². The fourth-order valence-corrected chi connectivity index (χ4v) is 2.12. The molecule has 0 unspecified atom stereocenters. The van der Waals surface area contributed by atoms with Crippen LogP contribution in [-0.2, 0) is 14.3 Å². The fraction of sp³-hybridized carbons (Fsp3) is 0.571. The van der Waals surface area contributed by atoms with Crippen molar-refractivity contribution in [2.24, 2.45) is 5.41 Å². The lowest BCUT2D eigenvalue weighted by molar-refractivity contribution is -0.140. The molecule has 1 rings (SSSR count). The molecule has 0 atom stereocenters. The monoisotopic (exact) mass is 390 g/mol. The van der Waals surface area contributed by atoms with Gasteiger partial charge >= 0.3 is 12.1 Å². The number of ether oxygens (including phenoxy) is 3. The first kappa shape index (κ1) is 23.3. The number of amides is 1. The van der Waals surface area contributed by atoms with Crippen LogP contribution in [0.25, 0.3) is 0 Å². The van der Waals surface area contributed by atoms with Gasteiger partial charge in [0.05, 0.1) is 18.7 Å². The number of carbonyl (C=O) groups is 2. The van der Waals surface area contributed by atoms with Crippen molar-refractivity contribution in [3.63, 3.8) is 0 Å². The third kappa shape index (κ3) is 8.30. The third-order valence-electron chi connectivity index (χ3n) is 3.29. The van der Waals surface area contributed by atoms with Crippen molar-refractivity contribution in [2.75, 3.05) is 24.7 Å². The number of hydrogen-bond donors (Lipinski definition) is 0. The molecule has 154 valence electrons. The maximum absolute atomic E-state index is 12.6. The normalized spacial score (nSPS) is 11.4. The summed E-state index contributed by atoms with van der Waals surface area (Å²) in [6.07, 6.45) is -0.591. The standard InChI is InChI=1S/C21H30N2O5/c1-15(24)26-11-10-23(19(25)28-21(5,6)7)17-8-9-18(16(12-17)13-22)27-14-20(2,3)4/h8-9,12H,10-11,14H2,1-7H3. The summed E-state index contributed by atoms with van der Waals surface area (Å²) in [5, 5.41) is 9.49. The third-order valence-corrected chi connectivity index (χ3v) is 3.29. The van der Waals surface area contributed by atoms with Crippen LogP contribution in [0.1, 0.15) is 54.0 Å². The van der Waals surface area contributed by atoms with Crippen LogP contribution in [-0.4, -0.2) is 37.4 Å². The molecule has 0 spiro atoms. The van der Waals surface area contributed by atoms with E-state index in [1.807, 2.05) is 20.8 Å². The fourth-order valence-electron chi connectivity index (χ4n) is 2.12. The van der Waals surface area contributed by atoms with Gasteiger partial charge in [0, 0.05) is 12.6 Å². The Kier molecular flexibility index (Phi) is 7.86. The molecule has 0 aromatic heterocycles. The number of nitrogens with zero attached hydrogens (tertiary/aromatic N) is 2. The van der Waals surface area contributed by atoms with Gasteiger partial charge in [0.1, 0.15) is 24.0 Å². The average Bonchev–Trinajstić information content (AvgIpc) is 2.54. The molecule has 0 radical (unpaired) electrons.